The molecule has 1 heterocycles. The first kappa shape index (κ1) is 18.7. The fourth-order valence-corrected chi connectivity index (χ4v) is 2.82. The Bertz CT molecular complexity index is 808. The molecule has 1 aliphatic rings. The zero-order valence-electron chi connectivity index (χ0n) is 15.9. The molecule has 0 atom stereocenters. The van der Waals surface area contributed by atoms with Gasteiger partial charge in [-0.05, 0) is 41.8 Å². The Morgan fingerprint density at radius 3 is 2.52 bits per heavy atom. The molecule has 0 saturated carbocycles. The first-order valence-corrected chi connectivity index (χ1v) is 8.77. The van der Waals surface area contributed by atoms with E-state index in [4.69, 9.17) is 18.9 Å². The SMILES string of the molecule is CN=C(NCCc1ccc(OC)c(OC)c1)NCc1ccc2c(c1)OCO2. The summed E-state index contributed by atoms with van der Waals surface area (Å²) in [6, 6.07) is 11.9. The van der Waals surface area contributed by atoms with Crippen molar-refractivity contribution in [3.8, 4) is 23.0 Å². The number of nitrogens with zero attached hydrogens (tertiary/aromatic N) is 1. The summed E-state index contributed by atoms with van der Waals surface area (Å²) in [4.78, 5) is 4.26. The molecule has 2 aromatic carbocycles. The second-order valence-corrected chi connectivity index (χ2v) is 5.98. The molecular formula is C20H25N3O4. The van der Waals surface area contributed by atoms with Crippen LogP contribution in [0.25, 0.3) is 0 Å². The van der Waals surface area contributed by atoms with Gasteiger partial charge in [-0.2, -0.15) is 0 Å². The van der Waals surface area contributed by atoms with Gasteiger partial charge in [0.25, 0.3) is 0 Å². The summed E-state index contributed by atoms with van der Waals surface area (Å²) in [5, 5.41) is 6.62. The van der Waals surface area contributed by atoms with E-state index >= 15 is 0 Å². The summed E-state index contributed by atoms with van der Waals surface area (Å²) < 4.78 is 21.3. The minimum Gasteiger partial charge on any atom is -0.493 e. The predicted octanol–water partition coefficient (Wildman–Crippen LogP) is 2.34. The molecular weight excluding hydrogens is 346 g/mol. The third kappa shape index (κ3) is 4.75. The minimum atomic E-state index is 0.283. The molecule has 2 N–H and O–H groups in total. The number of aliphatic imine (C=N–C) groups is 1. The number of fused-ring (bicyclic) bond motifs is 1. The molecule has 1 aliphatic heterocycles. The van der Waals surface area contributed by atoms with Crippen molar-refractivity contribution in [2.45, 2.75) is 13.0 Å². The lowest BCUT2D eigenvalue weighted by molar-refractivity contribution is 0.174. The van der Waals surface area contributed by atoms with Gasteiger partial charge in [0.15, 0.2) is 29.0 Å². The highest BCUT2D eigenvalue weighted by Crippen LogP contribution is 2.32. The molecule has 0 spiro atoms. The van der Waals surface area contributed by atoms with E-state index in [-0.39, 0.29) is 6.79 Å². The van der Waals surface area contributed by atoms with Gasteiger partial charge >= 0.3 is 0 Å². The van der Waals surface area contributed by atoms with Crippen molar-refractivity contribution in [2.24, 2.45) is 4.99 Å². The number of benzene rings is 2. The van der Waals surface area contributed by atoms with Gasteiger partial charge < -0.3 is 29.6 Å². The first-order chi connectivity index (χ1) is 13.2. The highest BCUT2D eigenvalue weighted by atomic mass is 16.7. The number of rotatable bonds is 7. The second-order valence-electron chi connectivity index (χ2n) is 5.98. The van der Waals surface area contributed by atoms with E-state index in [1.165, 1.54) is 0 Å². The monoisotopic (exact) mass is 371 g/mol. The zero-order valence-corrected chi connectivity index (χ0v) is 15.9. The van der Waals surface area contributed by atoms with E-state index in [9.17, 15) is 0 Å². The number of ether oxygens (including phenoxy) is 4. The molecule has 0 saturated heterocycles. The fraction of sp³-hybridized carbons (Fsp3) is 0.350. The van der Waals surface area contributed by atoms with Gasteiger partial charge in [0, 0.05) is 20.1 Å². The number of hydrogen-bond acceptors (Lipinski definition) is 5. The van der Waals surface area contributed by atoms with Crippen molar-refractivity contribution < 1.29 is 18.9 Å². The third-order valence-corrected chi connectivity index (χ3v) is 4.27. The van der Waals surface area contributed by atoms with E-state index in [0.29, 0.717) is 6.54 Å². The molecule has 0 amide bonds. The van der Waals surface area contributed by atoms with Crippen LogP contribution in [-0.4, -0.2) is 40.6 Å². The summed E-state index contributed by atoms with van der Waals surface area (Å²) in [7, 11) is 5.03. The molecule has 0 aromatic heterocycles. The van der Waals surface area contributed by atoms with Crippen LogP contribution in [0.15, 0.2) is 41.4 Å². The lowest BCUT2D eigenvalue weighted by Crippen LogP contribution is -2.37. The van der Waals surface area contributed by atoms with Crippen LogP contribution in [0.1, 0.15) is 11.1 Å². The Hall–Kier alpha value is -3.09. The summed E-state index contributed by atoms with van der Waals surface area (Å²) >= 11 is 0. The topological polar surface area (TPSA) is 73.3 Å². The molecule has 0 fully saturated rings. The standard InChI is InChI=1S/C20H25N3O4/c1-21-20(23-12-15-5-7-17-19(11-15)27-13-26-17)22-9-8-14-4-6-16(24-2)18(10-14)25-3/h4-7,10-11H,8-9,12-13H2,1-3H3,(H2,21,22,23). The van der Waals surface area contributed by atoms with Gasteiger partial charge in [0.05, 0.1) is 14.2 Å². The van der Waals surface area contributed by atoms with Crippen LogP contribution in [-0.2, 0) is 13.0 Å². The maximum Gasteiger partial charge on any atom is 0.231 e. The lowest BCUT2D eigenvalue weighted by atomic mass is 10.1. The molecule has 144 valence electrons. The van der Waals surface area contributed by atoms with Crippen molar-refractivity contribution in [1.82, 2.24) is 10.6 Å². The number of nitrogens with one attached hydrogen (secondary N) is 2. The average Bonchev–Trinajstić information content (AvgIpc) is 3.18. The summed E-state index contributed by atoms with van der Waals surface area (Å²) in [5.74, 6) is 3.78. The quantitative estimate of drug-likeness (QED) is 0.575. The Morgan fingerprint density at radius 1 is 0.963 bits per heavy atom. The Kier molecular flexibility index (Phi) is 6.25. The van der Waals surface area contributed by atoms with Crippen molar-refractivity contribution in [2.75, 3.05) is 34.6 Å². The molecule has 0 bridgehead atoms. The van der Waals surface area contributed by atoms with Crippen LogP contribution in [0.3, 0.4) is 0 Å². The van der Waals surface area contributed by atoms with E-state index in [1.807, 2.05) is 36.4 Å². The number of hydrogen-bond donors (Lipinski definition) is 2. The van der Waals surface area contributed by atoms with Gasteiger partial charge in [-0.1, -0.05) is 12.1 Å². The Morgan fingerprint density at radius 2 is 1.74 bits per heavy atom. The van der Waals surface area contributed by atoms with Crippen LogP contribution in [0.4, 0.5) is 0 Å². The van der Waals surface area contributed by atoms with Gasteiger partial charge in [-0.3, -0.25) is 4.99 Å². The lowest BCUT2D eigenvalue weighted by Gasteiger charge is -2.13. The van der Waals surface area contributed by atoms with Crippen LogP contribution in [0.2, 0.25) is 0 Å². The summed E-state index contributed by atoms with van der Waals surface area (Å²) in [6.07, 6.45) is 0.838. The van der Waals surface area contributed by atoms with Crippen molar-refractivity contribution in [1.29, 1.82) is 0 Å². The normalized spacial score (nSPS) is 12.6. The van der Waals surface area contributed by atoms with Crippen molar-refractivity contribution in [3.63, 3.8) is 0 Å². The molecule has 27 heavy (non-hydrogen) atoms. The highest BCUT2D eigenvalue weighted by Gasteiger charge is 2.13. The van der Waals surface area contributed by atoms with E-state index in [1.54, 1.807) is 21.3 Å². The minimum absolute atomic E-state index is 0.283. The molecule has 0 radical (unpaired) electrons. The van der Waals surface area contributed by atoms with Crippen molar-refractivity contribution >= 4 is 5.96 Å². The maximum absolute atomic E-state index is 5.41. The highest BCUT2D eigenvalue weighted by molar-refractivity contribution is 5.79. The Balaban J connectivity index is 1.48. The van der Waals surface area contributed by atoms with Crippen LogP contribution in [0.5, 0.6) is 23.0 Å². The first-order valence-electron chi connectivity index (χ1n) is 8.77. The van der Waals surface area contributed by atoms with Crippen LogP contribution in [0, 0.1) is 0 Å². The zero-order chi connectivity index (χ0) is 19.1. The number of guanidine groups is 1. The summed E-state index contributed by atoms with van der Waals surface area (Å²) in [6.45, 7) is 1.68. The van der Waals surface area contributed by atoms with Crippen molar-refractivity contribution in [3.05, 3.63) is 47.5 Å². The van der Waals surface area contributed by atoms with Crippen LogP contribution < -0.4 is 29.6 Å². The third-order valence-electron chi connectivity index (χ3n) is 4.27. The van der Waals surface area contributed by atoms with Crippen LogP contribution >= 0.6 is 0 Å². The van der Waals surface area contributed by atoms with E-state index in [2.05, 4.69) is 15.6 Å². The smallest absolute Gasteiger partial charge is 0.231 e. The summed E-state index contributed by atoms with van der Waals surface area (Å²) in [5.41, 5.74) is 2.26. The van der Waals surface area contributed by atoms with Gasteiger partial charge in [-0.25, -0.2) is 0 Å². The predicted molar refractivity (Wildman–Crippen MR) is 104 cm³/mol. The van der Waals surface area contributed by atoms with E-state index in [0.717, 1.165) is 53.1 Å². The molecule has 2 aromatic rings. The Labute approximate surface area is 159 Å². The van der Waals surface area contributed by atoms with Gasteiger partial charge in [0.2, 0.25) is 6.79 Å². The molecule has 7 nitrogen and oxygen atoms in total. The largest absolute Gasteiger partial charge is 0.493 e. The van der Waals surface area contributed by atoms with Gasteiger partial charge in [-0.15, -0.1) is 0 Å². The average molecular weight is 371 g/mol. The molecule has 0 aliphatic carbocycles. The van der Waals surface area contributed by atoms with Gasteiger partial charge in [0.1, 0.15) is 0 Å². The number of methoxy groups -OCH3 is 2. The maximum atomic E-state index is 5.41. The van der Waals surface area contributed by atoms with E-state index < -0.39 is 0 Å². The fourth-order valence-electron chi connectivity index (χ4n) is 2.82. The second kappa shape index (κ2) is 9.02. The molecule has 7 heteroatoms. The molecule has 3 rings (SSSR count). The molecule has 0 unspecified atom stereocenters.